The summed E-state index contributed by atoms with van der Waals surface area (Å²) in [5.41, 5.74) is 1.64. The van der Waals surface area contributed by atoms with Crippen LogP contribution in [0.15, 0.2) is 24.3 Å². The number of rotatable bonds is 7. The van der Waals surface area contributed by atoms with Gasteiger partial charge in [-0.05, 0) is 49.3 Å². The summed E-state index contributed by atoms with van der Waals surface area (Å²) in [6.07, 6.45) is 7.35. The Balaban J connectivity index is 1.73. The lowest BCUT2D eigenvalue weighted by atomic mass is 9.80. The third-order valence-corrected chi connectivity index (χ3v) is 7.02. The van der Waals surface area contributed by atoms with Crippen molar-refractivity contribution in [2.45, 2.75) is 70.8 Å². The molecule has 2 atom stereocenters. The van der Waals surface area contributed by atoms with Crippen LogP contribution in [0.4, 0.5) is 0 Å². The molecule has 0 spiro atoms. The van der Waals surface area contributed by atoms with Gasteiger partial charge in [0.1, 0.15) is 5.88 Å². The van der Waals surface area contributed by atoms with Gasteiger partial charge in [0.2, 0.25) is 5.91 Å². The minimum atomic E-state index is -0.414. The highest BCUT2D eigenvalue weighted by molar-refractivity contribution is 6.27. The van der Waals surface area contributed by atoms with Gasteiger partial charge in [-0.25, -0.2) is 0 Å². The van der Waals surface area contributed by atoms with Crippen molar-refractivity contribution in [3.8, 4) is 0 Å². The van der Waals surface area contributed by atoms with E-state index in [9.17, 15) is 14.4 Å². The molecule has 0 radical (unpaired) electrons. The highest BCUT2D eigenvalue weighted by Gasteiger charge is 2.32. The molecule has 1 aliphatic carbocycles. The second-order valence-corrected chi connectivity index (χ2v) is 9.61. The van der Waals surface area contributed by atoms with Crippen molar-refractivity contribution < 1.29 is 14.4 Å². The number of piperidine rings is 1. The molecule has 1 unspecified atom stereocenters. The lowest BCUT2D eigenvalue weighted by Gasteiger charge is -2.33. The fourth-order valence-electron chi connectivity index (χ4n) is 4.97. The molecule has 6 heteroatoms. The summed E-state index contributed by atoms with van der Waals surface area (Å²) in [5, 5.41) is 3.08. The molecule has 2 fully saturated rings. The van der Waals surface area contributed by atoms with E-state index in [-0.39, 0.29) is 41.2 Å². The van der Waals surface area contributed by atoms with E-state index in [2.05, 4.69) is 5.32 Å². The zero-order valence-corrected chi connectivity index (χ0v) is 19.5. The van der Waals surface area contributed by atoms with E-state index >= 15 is 0 Å². The third-order valence-electron chi connectivity index (χ3n) is 6.79. The molecular formula is C25H35ClN2O3. The number of likely N-dealkylation sites (tertiary alicyclic amines) is 1. The van der Waals surface area contributed by atoms with Crippen LogP contribution in [0.3, 0.4) is 0 Å². The Bertz CT molecular complexity index is 789. The maximum Gasteiger partial charge on any atom is 0.251 e. The van der Waals surface area contributed by atoms with Gasteiger partial charge < -0.3 is 10.2 Å². The third kappa shape index (κ3) is 6.09. The first-order valence-electron chi connectivity index (χ1n) is 11.7. The van der Waals surface area contributed by atoms with Gasteiger partial charge in [0.15, 0.2) is 5.78 Å². The molecule has 1 heterocycles. The number of hydrogen-bond acceptors (Lipinski definition) is 3. The summed E-state index contributed by atoms with van der Waals surface area (Å²) in [7, 11) is 0. The molecule has 1 aliphatic heterocycles. The molecule has 3 rings (SSSR count). The molecule has 2 aliphatic rings. The lowest BCUT2D eigenvalue weighted by molar-refractivity contribution is -0.129. The Morgan fingerprint density at radius 2 is 1.84 bits per heavy atom. The van der Waals surface area contributed by atoms with Crippen molar-refractivity contribution in [1.82, 2.24) is 10.2 Å². The van der Waals surface area contributed by atoms with Gasteiger partial charge in [-0.15, -0.1) is 11.6 Å². The first kappa shape index (κ1) is 23.8. The summed E-state index contributed by atoms with van der Waals surface area (Å²) >= 11 is 5.73. The molecule has 1 aromatic rings. The predicted molar refractivity (Wildman–Crippen MR) is 123 cm³/mol. The minimum absolute atomic E-state index is 0.00159. The van der Waals surface area contributed by atoms with Crippen LogP contribution in [0.1, 0.15) is 80.6 Å². The normalized spacial score (nSPS) is 21.0. The van der Waals surface area contributed by atoms with Gasteiger partial charge in [0.25, 0.3) is 5.91 Å². The average Bonchev–Trinajstić information content (AvgIpc) is 2.82. The van der Waals surface area contributed by atoms with Gasteiger partial charge in [-0.3, -0.25) is 14.4 Å². The molecule has 1 saturated heterocycles. The number of nitrogens with zero attached hydrogens (tertiary/aromatic N) is 1. The number of amides is 2. The maximum atomic E-state index is 13.1. The van der Waals surface area contributed by atoms with Crippen LogP contribution >= 0.6 is 11.6 Å². The van der Waals surface area contributed by atoms with Crippen molar-refractivity contribution in [2.24, 2.45) is 11.8 Å². The van der Waals surface area contributed by atoms with Crippen LogP contribution in [-0.4, -0.2) is 47.5 Å². The van der Waals surface area contributed by atoms with Crippen molar-refractivity contribution >= 4 is 29.2 Å². The molecule has 31 heavy (non-hydrogen) atoms. The van der Waals surface area contributed by atoms with Crippen LogP contribution in [0.25, 0.3) is 0 Å². The SMILES string of the molecule is CC(C)C(=O)[C@H](NC(=O)c1cccc(C2CCCN(C(=O)CCl)C2)c1)C1CCCCC1. The molecule has 1 aromatic carbocycles. The van der Waals surface area contributed by atoms with Crippen LogP contribution < -0.4 is 5.32 Å². The van der Waals surface area contributed by atoms with E-state index in [0.29, 0.717) is 12.1 Å². The van der Waals surface area contributed by atoms with Gasteiger partial charge in [-0.1, -0.05) is 45.2 Å². The Morgan fingerprint density at radius 3 is 2.52 bits per heavy atom. The standard InChI is InChI=1S/C25H35ClN2O3/c1-17(2)24(30)23(18-8-4-3-5-9-18)27-25(31)20-11-6-10-19(14-20)21-12-7-13-28(16-21)22(29)15-26/h6,10-11,14,17-18,21,23H,3-5,7-9,12-13,15-16H2,1-2H3,(H,27,31)/t21?,23-/m1/s1. The molecule has 170 valence electrons. The summed E-state index contributed by atoms with van der Waals surface area (Å²) < 4.78 is 0. The number of carbonyl (C=O) groups excluding carboxylic acids is 3. The smallest absolute Gasteiger partial charge is 0.251 e. The van der Waals surface area contributed by atoms with E-state index in [1.165, 1.54) is 6.42 Å². The number of halogens is 1. The highest BCUT2D eigenvalue weighted by Crippen LogP contribution is 2.30. The molecule has 2 amide bonds. The quantitative estimate of drug-likeness (QED) is 0.625. The average molecular weight is 447 g/mol. The van der Waals surface area contributed by atoms with E-state index in [1.54, 1.807) is 6.07 Å². The fourth-order valence-corrected chi connectivity index (χ4v) is 5.14. The second kappa shape index (κ2) is 11.1. The van der Waals surface area contributed by atoms with Crippen molar-refractivity contribution in [3.63, 3.8) is 0 Å². The Hall–Kier alpha value is -1.88. The van der Waals surface area contributed by atoms with Crippen LogP contribution in [0.2, 0.25) is 0 Å². The van der Waals surface area contributed by atoms with Crippen LogP contribution in [0, 0.1) is 11.8 Å². The minimum Gasteiger partial charge on any atom is -0.342 e. The lowest BCUT2D eigenvalue weighted by Crippen LogP contribution is -2.48. The Labute approximate surface area is 190 Å². The Morgan fingerprint density at radius 1 is 1.10 bits per heavy atom. The summed E-state index contributed by atoms with van der Waals surface area (Å²) in [6.45, 7) is 5.18. The van der Waals surface area contributed by atoms with Crippen LogP contribution in [-0.2, 0) is 9.59 Å². The Kier molecular flexibility index (Phi) is 8.53. The zero-order chi connectivity index (χ0) is 22.4. The first-order valence-corrected chi connectivity index (χ1v) is 12.2. The molecule has 1 saturated carbocycles. The van der Waals surface area contributed by atoms with Gasteiger partial charge in [-0.2, -0.15) is 0 Å². The highest BCUT2D eigenvalue weighted by atomic mass is 35.5. The molecule has 0 aromatic heterocycles. The van der Waals surface area contributed by atoms with Crippen molar-refractivity contribution in [2.75, 3.05) is 19.0 Å². The predicted octanol–water partition coefficient (Wildman–Crippen LogP) is 4.54. The van der Waals surface area contributed by atoms with Gasteiger partial charge in [0.05, 0.1) is 6.04 Å². The number of benzene rings is 1. The van der Waals surface area contributed by atoms with Gasteiger partial charge >= 0.3 is 0 Å². The number of alkyl halides is 1. The number of hydrogen-bond donors (Lipinski definition) is 1. The topological polar surface area (TPSA) is 66.5 Å². The number of nitrogens with one attached hydrogen (secondary N) is 1. The second-order valence-electron chi connectivity index (χ2n) is 9.34. The van der Waals surface area contributed by atoms with E-state index in [1.807, 2.05) is 36.9 Å². The number of Topliss-reactive ketones (excluding diaryl/α,β-unsaturated/α-hetero) is 1. The summed E-state index contributed by atoms with van der Waals surface area (Å²) in [5.74, 6) is 0.218. The van der Waals surface area contributed by atoms with Crippen molar-refractivity contribution in [1.29, 1.82) is 0 Å². The zero-order valence-electron chi connectivity index (χ0n) is 18.7. The number of ketones is 1. The summed E-state index contributed by atoms with van der Waals surface area (Å²) in [6, 6.07) is 7.23. The van der Waals surface area contributed by atoms with Crippen molar-refractivity contribution in [3.05, 3.63) is 35.4 Å². The molecule has 1 N–H and O–H groups in total. The largest absolute Gasteiger partial charge is 0.342 e. The van der Waals surface area contributed by atoms with Gasteiger partial charge in [0, 0.05) is 30.5 Å². The number of carbonyl (C=O) groups is 3. The fraction of sp³-hybridized carbons (Fsp3) is 0.640. The summed E-state index contributed by atoms with van der Waals surface area (Å²) in [4.78, 5) is 39.8. The first-order chi connectivity index (χ1) is 14.9. The molecular weight excluding hydrogens is 412 g/mol. The van der Waals surface area contributed by atoms with Crippen LogP contribution in [0.5, 0.6) is 0 Å². The molecule has 5 nitrogen and oxygen atoms in total. The maximum absolute atomic E-state index is 13.1. The monoisotopic (exact) mass is 446 g/mol. The van der Waals surface area contributed by atoms with E-state index < -0.39 is 6.04 Å². The van der Waals surface area contributed by atoms with E-state index in [0.717, 1.165) is 50.6 Å². The molecule has 0 bridgehead atoms. The van der Waals surface area contributed by atoms with E-state index in [4.69, 9.17) is 11.6 Å².